The minimum atomic E-state index is -0.514. The number of piperazine rings is 1. The molecular weight excluding hydrogens is 248 g/mol. The summed E-state index contributed by atoms with van der Waals surface area (Å²) < 4.78 is 5.21. The highest BCUT2D eigenvalue weighted by atomic mass is 16.3. The predicted molar refractivity (Wildman–Crippen MR) is 64.9 cm³/mol. The molecular formula is C13H16N2O4. The monoisotopic (exact) mass is 264 g/mol. The highest BCUT2D eigenvalue weighted by Crippen LogP contribution is 2.24. The molecule has 0 bridgehead atoms. The summed E-state index contributed by atoms with van der Waals surface area (Å²) in [5.74, 6) is 0.503. The van der Waals surface area contributed by atoms with Gasteiger partial charge in [0.15, 0.2) is 0 Å². The maximum Gasteiger partial charge on any atom is 0.246 e. The minimum absolute atomic E-state index is 0.0527. The zero-order chi connectivity index (χ0) is 13.4. The molecule has 2 aliphatic rings. The van der Waals surface area contributed by atoms with E-state index in [0.717, 1.165) is 0 Å². The first-order chi connectivity index (χ1) is 9.15. The van der Waals surface area contributed by atoms with Crippen LogP contribution in [0.25, 0.3) is 0 Å². The van der Waals surface area contributed by atoms with E-state index in [2.05, 4.69) is 0 Å². The molecule has 2 aliphatic heterocycles. The molecule has 3 rings (SSSR count). The van der Waals surface area contributed by atoms with Gasteiger partial charge in [-0.3, -0.25) is 9.59 Å². The number of hydrogen-bond acceptors (Lipinski definition) is 4. The molecule has 0 radical (unpaired) electrons. The Kier molecular flexibility index (Phi) is 3.02. The molecule has 19 heavy (non-hydrogen) atoms. The predicted octanol–water partition coefficient (Wildman–Crippen LogP) is -0.0263. The molecule has 0 saturated carbocycles. The molecule has 0 aliphatic carbocycles. The second kappa shape index (κ2) is 4.70. The van der Waals surface area contributed by atoms with Gasteiger partial charge in [-0.15, -0.1) is 0 Å². The van der Waals surface area contributed by atoms with Crippen molar-refractivity contribution in [1.29, 1.82) is 0 Å². The van der Waals surface area contributed by atoms with Crippen molar-refractivity contribution in [1.82, 2.24) is 9.80 Å². The molecule has 6 nitrogen and oxygen atoms in total. The summed E-state index contributed by atoms with van der Waals surface area (Å²) in [4.78, 5) is 27.5. The van der Waals surface area contributed by atoms with E-state index in [4.69, 9.17) is 4.42 Å². The summed E-state index contributed by atoms with van der Waals surface area (Å²) in [5.41, 5.74) is 0. The van der Waals surface area contributed by atoms with Gasteiger partial charge in [-0.25, -0.2) is 0 Å². The molecule has 1 aromatic heterocycles. The summed E-state index contributed by atoms with van der Waals surface area (Å²) in [6.45, 7) is 0.856. The summed E-state index contributed by atoms with van der Waals surface area (Å²) in [6, 6.07) is 3.02. The first-order valence-electron chi connectivity index (χ1n) is 6.44. The van der Waals surface area contributed by atoms with Crippen molar-refractivity contribution in [3.05, 3.63) is 24.2 Å². The Morgan fingerprint density at radius 2 is 2.26 bits per heavy atom. The van der Waals surface area contributed by atoms with Crippen molar-refractivity contribution in [3.63, 3.8) is 0 Å². The number of rotatable bonds is 2. The smallest absolute Gasteiger partial charge is 0.246 e. The maximum absolute atomic E-state index is 12.4. The van der Waals surface area contributed by atoms with E-state index < -0.39 is 12.1 Å². The number of amides is 2. The van der Waals surface area contributed by atoms with Gasteiger partial charge in [0, 0.05) is 13.0 Å². The van der Waals surface area contributed by atoms with Crippen LogP contribution in [0, 0.1) is 0 Å². The Bertz CT molecular complexity index is 485. The SMILES string of the molecule is O=C1[C@@H]2C[C@H](O)CCN2C(=O)CN1Cc1ccco1. The lowest BCUT2D eigenvalue weighted by atomic mass is 9.96. The zero-order valence-electron chi connectivity index (χ0n) is 10.5. The van der Waals surface area contributed by atoms with Gasteiger partial charge in [-0.2, -0.15) is 0 Å². The van der Waals surface area contributed by atoms with Crippen LogP contribution >= 0.6 is 0 Å². The quantitative estimate of drug-likeness (QED) is 0.814. The van der Waals surface area contributed by atoms with Crippen LogP contribution in [0.2, 0.25) is 0 Å². The minimum Gasteiger partial charge on any atom is -0.467 e. The second-order valence-electron chi connectivity index (χ2n) is 5.05. The van der Waals surface area contributed by atoms with Gasteiger partial charge in [-0.05, 0) is 18.6 Å². The summed E-state index contributed by atoms with van der Waals surface area (Å²) in [5, 5.41) is 9.67. The van der Waals surface area contributed by atoms with Crippen molar-refractivity contribution >= 4 is 11.8 Å². The number of carbonyl (C=O) groups is 2. The highest BCUT2D eigenvalue weighted by molar-refractivity contribution is 5.95. The van der Waals surface area contributed by atoms with Gasteiger partial charge in [0.2, 0.25) is 11.8 Å². The average molecular weight is 264 g/mol. The Labute approximate surface area is 110 Å². The Morgan fingerprint density at radius 3 is 3.00 bits per heavy atom. The van der Waals surface area contributed by atoms with Crippen molar-refractivity contribution in [2.75, 3.05) is 13.1 Å². The molecule has 102 valence electrons. The maximum atomic E-state index is 12.4. The number of hydrogen-bond donors (Lipinski definition) is 1. The van der Waals surface area contributed by atoms with Crippen LogP contribution in [0.15, 0.2) is 22.8 Å². The molecule has 0 unspecified atom stereocenters. The van der Waals surface area contributed by atoms with Gasteiger partial charge < -0.3 is 19.3 Å². The van der Waals surface area contributed by atoms with Crippen LogP contribution in [0.4, 0.5) is 0 Å². The summed E-state index contributed by atoms with van der Waals surface area (Å²) in [6.07, 6.45) is 1.93. The fourth-order valence-electron chi connectivity index (χ4n) is 2.75. The van der Waals surface area contributed by atoms with Crippen LogP contribution in [0.3, 0.4) is 0 Å². The molecule has 0 spiro atoms. The Hall–Kier alpha value is -1.82. The van der Waals surface area contributed by atoms with Gasteiger partial charge in [-0.1, -0.05) is 0 Å². The highest BCUT2D eigenvalue weighted by Gasteiger charge is 2.42. The standard InChI is InChI=1S/C13H16N2O4/c16-9-3-4-15-11(6-9)13(18)14(8-12(15)17)7-10-2-1-5-19-10/h1-2,5,9,11,16H,3-4,6-8H2/t9-,11+/m1/s1. The van der Waals surface area contributed by atoms with E-state index in [1.54, 1.807) is 23.3 Å². The summed E-state index contributed by atoms with van der Waals surface area (Å²) >= 11 is 0. The van der Waals surface area contributed by atoms with Crippen LogP contribution in [0.1, 0.15) is 18.6 Å². The van der Waals surface area contributed by atoms with Crippen LogP contribution in [-0.2, 0) is 16.1 Å². The number of piperidine rings is 1. The van der Waals surface area contributed by atoms with E-state index in [-0.39, 0.29) is 18.4 Å². The number of furan rings is 1. The van der Waals surface area contributed by atoms with Gasteiger partial charge in [0.05, 0.1) is 18.9 Å². The Balaban J connectivity index is 1.77. The van der Waals surface area contributed by atoms with Crippen LogP contribution < -0.4 is 0 Å². The molecule has 6 heteroatoms. The third kappa shape index (κ3) is 2.23. The van der Waals surface area contributed by atoms with E-state index >= 15 is 0 Å². The van der Waals surface area contributed by atoms with Crippen molar-refractivity contribution in [2.45, 2.75) is 31.5 Å². The average Bonchev–Trinajstić information content (AvgIpc) is 2.88. The van der Waals surface area contributed by atoms with Crippen molar-refractivity contribution in [2.24, 2.45) is 0 Å². The first kappa shape index (κ1) is 12.2. The molecule has 2 atom stereocenters. The fourth-order valence-corrected chi connectivity index (χ4v) is 2.75. The first-order valence-corrected chi connectivity index (χ1v) is 6.44. The van der Waals surface area contributed by atoms with Crippen molar-refractivity contribution in [3.8, 4) is 0 Å². The third-order valence-corrected chi connectivity index (χ3v) is 3.74. The van der Waals surface area contributed by atoms with E-state index in [1.165, 1.54) is 4.90 Å². The number of aliphatic hydroxyl groups excluding tert-OH is 1. The number of fused-ring (bicyclic) bond motifs is 1. The second-order valence-corrected chi connectivity index (χ2v) is 5.05. The zero-order valence-corrected chi connectivity index (χ0v) is 10.5. The molecule has 3 heterocycles. The topological polar surface area (TPSA) is 74.0 Å². The normalized spacial score (nSPS) is 27.6. The lowest BCUT2D eigenvalue weighted by molar-refractivity contribution is -0.161. The van der Waals surface area contributed by atoms with Crippen molar-refractivity contribution < 1.29 is 19.1 Å². The van der Waals surface area contributed by atoms with Crippen LogP contribution in [-0.4, -0.2) is 52.0 Å². The van der Waals surface area contributed by atoms with Gasteiger partial charge in [0.25, 0.3) is 0 Å². The van der Waals surface area contributed by atoms with E-state index in [9.17, 15) is 14.7 Å². The molecule has 2 fully saturated rings. The number of nitrogens with zero attached hydrogens (tertiary/aromatic N) is 2. The largest absolute Gasteiger partial charge is 0.467 e. The molecule has 2 saturated heterocycles. The summed E-state index contributed by atoms with van der Waals surface area (Å²) in [7, 11) is 0. The van der Waals surface area contributed by atoms with Gasteiger partial charge >= 0.3 is 0 Å². The fraction of sp³-hybridized carbons (Fsp3) is 0.538. The number of aliphatic hydroxyl groups is 1. The molecule has 1 aromatic rings. The molecule has 2 amide bonds. The lowest BCUT2D eigenvalue weighted by Crippen LogP contribution is -2.62. The van der Waals surface area contributed by atoms with E-state index in [1.807, 2.05) is 0 Å². The van der Waals surface area contributed by atoms with Crippen LogP contribution in [0.5, 0.6) is 0 Å². The molecule has 0 aromatic carbocycles. The van der Waals surface area contributed by atoms with Gasteiger partial charge in [0.1, 0.15) is 18.3 Å². The molecule has 1 N–H and O–H groups in total. The Morgan fingerprint density at radius 1 is 1.42 bits per heavy atom. The number of carbonyl (C=O) groups excluding carboxylic acids is 2. The van der Waals surface area contributed by atoms with E-state index in [0.29, 0.717) is 31.7 Å². The third-order valence-electron chi connectivity index (χ3n) is 3.74. The lowest BCUT2D eigenvalue weighted by Gasteiger charge is -2.43.